The number of rotatable bonds is 4. The number of carbonyl (C=O) groups excluding carboxylic acids is 2. The molecule has 3 saturated heterocycles. The Bertz CT molecular complexity index is 482. The molecular formula is C19H35N5O2. The predicted molar refractivity (Wildman–Crippen MR) is 102 cm³/mol. The molecule has 0 spiro atoms. The van der Waals surface area contributed by atoms with Crippen molar-refractivity contribution >= 4 is 11.9 Å². The summed E-state index contributed by atoms with van der Waals surface area (Å²) in [7, 11) is 0. The summed E-state index contributed by atoms with van der Waals surface area (Å²) in [5.74, 6) is 0.412. The van der Waals surface area contributed by atoms with Crippen LogP contribution in [0.5, 0.6) is 0 Å². The molecule has 1 N–H and O–H groups in total. The van der Waals surface area contributed by atoms with Crippen LogP contribution in [0, 0.1) is 5.92 Å². The molecule has 3 amide bonds. The van der Waals surface area contributed by atoms with E-state index in [2.05, 4.69) is 15.1 Å². The molecule has 0 bridgehead atoms. The third-order valence-corrected chi connectivity index (χ3v) is 6.29. The van der Waals surface area contributed by atoms with Crippen molar-refractivity contribution in [3.05, 3.63) is 0 Å². The van der Waals surface area contributed by atoms with Crippen molar-refractivity contribution < 1.29 is 9.59 Å². The number of hydrogen-bond donors (Lipinski definition) is 1. The van der Waals surface area contributed by atoms with Gasteiger partial charge in [0.1, 0.15) is 0 Å². The zero-order valence-electron chi connectivity index (χ0n) is 16.5. The van der Waals surface area contributed by atoms with Crippen LogP contribution < -0.4 is 5.32 Å². The molecule has 1 atom stereocenters. The van der Waals surface area contributed by atoms with E-state index >= 15 is 0 Å². The van der Waals surface area contributed by atoms with Crippen molar-refractivity contribution in [1.29, 1.82) is 0 Å². The highest BCUT2D eigenvalue weighted by atomic mass is 16.2. The second kappa shape index (κ2) is 9.04. The molecule has 1 unspecified atom stereocenters. The zero-order valence-corrected chi connectivity index (χ0v) is 16.5. The summed E-state index contributed by atoms with van der Waals surface area (Å²) in [5, 5.41) is 3.40. The van der Waals surface area contributed by atoms with E-state index < -0.39 is 0 Å². The summed E-state index contributed by atoms with van der Waals surface area (Å²) in [6.07, 6.45) is 2.71. The molecule has 3 aliphatic rings. The number of nitrogens with zero attached hydrogens (tertiary/aromatic N) is 4. The number of likely N-dealkylation sites (tertiary alicyclic amines) is 2. The van der Waals surface area contributed by atoms with Gasteiger partial charge in [0.15, 0.2) is 0 Å². The molecular weight excluding hydrogens is 330 g/mol. The van der Waals surface area contributed by atoms with Gasteiger partial charge in [0.25, 0.3) is 0 Å². The van der Waals surface area contributed by atoms with Gasteiger partial charge in [-0.25, -0.2) is 4.79 Å². The molecule has 26 heavy (non-hydrogen) atoms. The van der Waals surface area contributed by atoms with Gasteiger partial charge in [-0.3, -0.25) is 9.69 Å². The molecule has 0 aromatic carbocycles. The molecule has 0 saturated carbocycles. The largest absolute Gasteiger partial charge is 0.341 e. The van der Waals surface area contributed by atoms with Gasteiger partial charge in [0.2, 0.25) is 5.91 Å². The Morgan fingerprint density at radius 3 is 2.15 bits per heavy atom. The molecule has 7 nitrogen and oxygen atoms in total. The van der Waals surface area contributed by atoms with Crippen molar-refractivity contribution in [2.75, 3.05) is 65.4 Å². The first-order valence-electron chi connectivity index (χ1n) is 10.4. The Kier molecular flexibility index (Phi) is 6.75. The van der Waals surface area contributed by atoms with E-state index in [1.54, 1.807) is 0 Å². The van der Waals surface area contributed by atoms with Crippen LogP contribution in [0.25, 0.3) is 0 Å². The van der Waals surface area contributed by atoms with Crippen LogP contribution in [-0.2, 0) is 4.79 Å². The standard InChI is InChI=1S/C19H35N5O2/c1-3-21(4-2)19(26)23-10-5-16(6-11-23)18(25)24-12-7-17(15-24)22-13-8-20-9-14-22/h16-17,20H,3-15H2,1-2H3. The van der Waals surface area contributed by atoms with Gasteiger partial charge < -0.3 is 20.0 Å². The third kappa shape index (κ3) is 4.31. The average molecular weight is 366 g/mol. The van der Waals surface area contributed by atoms with Crippen LogP contribution in [0.3, 0.4) is 0 Å². The molecule has 148 valence electrons. The smallest absolute Gasteiger partial charge is 0.319 e. The Morgan fingerprint density at radius 2 is 1.54 bits per heavy atom. The minimum atomic E-state index is 0.0949. The van der Waals surface area contributed by atoms with Crippen LogP contribution in [0.2, 0.25) is 0 Å². The van der Waals surface area contributed by atoms with Crippen LogP contribution >= 0.6 is 0 Å². The first-order chi connectivity index (χ1) is 12.6. The highest BCUT2D eigenvalue weighted by Gasteiger charge is 2.36. The highest BCUT2D eigenvalue weighted by Crippen LogP contribution is 2.24. The topological polar surface area (TPSA) is 59.1 Å². The van der Waals surface area contributed by atoms with Crippen LogP contribution in [0.4, 0.5) is 4.79 Å². The maximum absolute atomic E-state index is 12.9. The summed E-state index contributed by atoms with van der Waals surface area (Å²) >= 11 is 0. The first kappa shape index (κ1) is 19.4. The Morgan fingerprint density at radius 1 is 0.923 bits per heavy atom. The monoisotopic (exact) mass is 365 g/mol. The SMILES string of the molecule is CCN(CC)C(=O)N1CCC(C(=O)N2CCC(N3CCNCC3)C2)CC1. The van der Waals surface area contributed by atoms with Crippen molar-refractivity contribution in [3.8, 4) is 0 Å². The minimum absolute atomic E-state index is 0.0949. The summed E-state index contributed by atoms with van der Waals surface area (Å²) in [5.41, 5.74) is 0. The van der Waals surface area contributed by atoms with E-state index in [1.165, 1.54) is 0 Å². The molecule has 0 aromatic rings. The fourth-order valence-electron chi connectivity index (χ4n) is 4.56. The lowest BCUT2D eigenvalue weighted by Gasteiger charge is -2.36. The average Bonchev–Trinajstić information content (AvgIpc) is 3.19. The molecule has 0 radical (unpaired) electrons. The fourth-order valence-corrected chi connectivity index (χ4v) is 4.56. The molecule has 3 rings (SSSR count). The number of hydrogen-bond acceptors (Lipinski definition) is 4. The summed E-state index contributed by atoms with van der Waals surface area (Å²) in [4.78, 5) is 33.8. The van der Waals surface area contributed by atoms with E-state index in [4.69, 9.17) is 0 Å². The Hall–Kier alpha value is -1.34. The van der Waals surface area contributed by atoms with E-state index in [-0.39, 0.29) is 11.9 Å². The summed E-state index contributed by atoms with van der Waals surface area (Å²) in [6.45, 7) is 13.0. The molecule has 3 fully saturated rings. The van der Waals surface area contributed by atoms with Crippen LogP contribution in [0.15, 0.2) is 0 Å². The minimum Gasteiger partial charge on any atom is -0.341 e. The second-order valence-corrected chi connectivity index (χ2v) is 7.73. The molecule has 0 aromatic heterocycles. The number of amides is 3. The van der Waals surface area contributed by atoms with Gasteiger partial charge >= 0.3 is 6.03 Å². The van der Waals surface area contributed by atoms with Crippen LogP contribution in [0.1, 0.15) is 33.1 Å². The molecule has 7 heteroatoms. The Labute approximate surface area is 157 Å². The van der Waals surface area contributed by atoms with Crippen molar-refractivity contribution in [2.24, 2.45) is 5.92 Å². The fraction of sp³-hybridized carbons (Fsp3) is 0.895. The molecule has 0 aliphatic carbocycles. The quantitative estimate of drug-likeness (QED) is 0.795. The van der Waals surface area contributed by atoms with Crippen molar-refractivity contribution in [3.63, 3.8) is 0 Å². The Balaban J connectivity index is 1.46. The lowest BCUT2D eigenvalue weighted by molar-refractivity contribution is -0.136. The molecule has 3 aliphatic heterocycles. The number of piperazine rings is 1. The van der Waals surface area contributed by atoms with E-state index in [0.717, 1.165) is 71.6 Å². The van der Waals surface area contributed by atoms with Gasteiger partial charge in [-0.2, -0.15) is 0 Å². The number of urea groups is 1. The number of carbonyl (C=O) groups is 2. The number of nitrogens with one attached hydrogen (secondary N) is 1. The van der Waals surface area contributed by atoms with Gasteiger partial charge in [0.05, 0.1) is 0 Å². The number of piperidine rings is 1. The highest BCUT2D eigenvalue weighted by molar-refractivity contribution is 5.80. The van der Waals surface area contributed by atoms with Crippen LogP contribution in [-0.4, -0.2) is 103 Å². The van der Waals surface area contributed by atoms with E-state index in [1.807, 2.05) is 23.6 Å². The van der Waals surface area contributed by atoms with E-state index in [0.29, 0.717) is 25.0 Å². The summed E-state index contributed by atoms with van der Waals surface area (Å²) in [6, 6.07) is 0.659. The van der Waals surface area contributed by atoms with Gasteiger partial charge in [-0.1, -0.05) is 0 Å². The lowest BCUT2D eigenvalue weighted by Crippen LogP contribution is -2.50. The van der Waals surface area contributed by atoms with Crippen molar-refractivity contribution in [2.45, 2.75) is 39.2 Å². The normalized spacial score (nSPS) is 25.5. The predicted octanol–water partition coefficient (Wildman–Crippen LogP) is 0.666. The maximum Gasteiger partial charge on any atom is 0.319 e. The third-order valence-electron chi connectivity index (χ3n) is 6.29. The van der Waals surface area contributed by atoms with Gasteiger partial charge in [-0.15, -0.1) is 0 Å². The maximum atomic E-state index is 12.9. The van der Waals surface area contributed by atoms with Gasteiger partial charge in [-0.05, 0) is 33.1 Å². The lowest BCUT2D eigenvalue weighted by atomic mass is 9.95. The first-order valence-corrected chi connectivity index (χ1v) is 10.4. The molecule has 3 heterocycles. The van der Waals surface area contributed by atoms with Gasteiger partial charge in [0, 0.05) is 77.4 Å². The zero-order chi connectivity index (χ0) is 18.5. The van der Waals surface area contributed by atoms with E-state index in [9.17, 15) is 9.59 Å². The van der Waals surface area contributed by atoms with Crippen molar-refractivity contribution in [1.82, 2.24) is 24.9 Å². The summed E-state index contributed by atoms with van der Waals surface area (Å²) < 4.78 is 0. The second-order valence-electron chi connectivity index (χ2n) is 7.73.